The number of unbranched alkanes of at least 4 members (excludes halogenated alkanes) is 1. The summed E-state index contributed by atoms with van der Waals surface area (Å²) in [6, 6.07) is 16.4. The van der Waals surface area contributed by atoms with E-state index in [4.69, 9.17) is 4.74 Å². The maximum absolute atomic E-state index is 11.8. The molecule has 110 valence electrons. The molecule has 0 radical (unpaired) electrons. The first-order valence-corrected chi connectivity index (χ1v) is 7.14. The molecule has 4 heteroatoms. The second-order valence-electron chi connectivity index (χ2n) is 4.67. The zero-order valence-corrected chi connectivity index (χ0v) is 12.1. The van der Waals surface area contributed by atoms with Gasteiger partial charge in [0.15, 0.2) is 0 Å². The van der Waals surface area contributed by atoms with E-state index in [2.05, 4.69) is 17.6 Å². The minimum atomic E-state index is -0.263. The first kappa shape index (κ1) is 14.9. The lowest BCUT2D eigenvalue weighted by molar-refractivity contribution is 0.262. The molecule has 0 unspecified atom stereocenters. The highest BCUT2D eigenvalue weighted by Gasteiger charge is 2.02. The van der Waals surface area contributed by atoms with Crippen LogP contribution in [0.2, 0.25) is 0 Å². The molecule has 2 aromatic rings. The number of ether oxygens (including phenoxy) is 1. The zero-order chi connectivity index (χ0) is 14.9. The number of rotatable bonds is 6. The molecular weight excluding hydrogens is 264 g/mol. The minimum absolute atomic E-state index is 0.263. The van der Waals surface area contributed by atoms with Gasteiger partial charge in [0, 0.05) is 11.4 Å². The van der Waals surface area contributed by atoms with E-state index in [1.165, 1.54) is 0 Å². The monoisotopic (exact) mass is 284 g/mol. The van der Waals surface area contributed by atoms with E-state index >= 15 is 0 Å². The molecule has 2 aromatic carbocycles. The molecule has 2 amide bonds. The minimum Gasteiger partial charge on any atom is -0.494 e. The van der Waals surface area contributed by atoms with Crippen molar-refractivity contribution >= 4 is 17.4 Å². The molecular formula is C17H20N2O2. The molecule has 0 heterocycles. The van der Waals surface area contributed by atoms with Gasteiger partial charge in [-0.2, -0.15) is 0 Å². The number of para-hydroxylation sites is 1. The van der Waals surface area contributed by atoms with Crippen molar-refractivity contribution in [2.24, 2.45) is 0 Å². The van der Waals surface area contributed by atoms with Crippen molar-refractivity contribution in [2.45, 2.75) is 19.8 Å². The lowest BCUT2D eigenvalue weighted by atomic mass is 10.3. The third-order valence-corrected chi connectivity index (χ3v) is 2.91. The van der Waals surface area contributed by atoms with Crippen molar-refractivity contribution in [3.63, 3.8) is 0 Å². The lowest BCUT2D eigenvalue weighted by Crippen LogP contribution is -2.19. The van der Waals surface area contributed by atoms with Crippen LogP contribution in [-0.2, 0) is 0 Å². The van der Waals surface area contributed by atoms with Gasteiger partial charge in [-0.25, -0.2) is 4.79 Å². The molecule has 0 aliphatic heterocycles. The fraction of sp³-hybridized carbons (Fsp3) is 0.235. The van der Waals surface area contributed by atoms with Gasteiger partial charge in [0.05, 0.1) is 6.61 Å². The van der Waals surface area contributed by atoms with Crippen LogP contribution in [0.4, 0.5) is 16.2 Å². The summed E-state index contributed by atoms with van der Waals surface area (Å²) in [7, 11) is 0. The quantitative estimate of drug-likeness (QED) is 0.767. The zero-order valence-electron chi connectivity index (χ0n) is 12.1. The molecule has 0 aliphatic carbocycles. The van der Waals surface area contributed by atoms with Gasteiger partial charge in [0.1, 0.15) is 5.75 Å². The Hall–Kier alpha value is -2.49. The normalized spacial score (nSPS) is 9.95. The van der Waals surface area contributed by atoms with Crippen LogP contribution in [0.1, 0.15) is 19.8 Å². The van der Waals surface area contributed by atoms with Crippen LogP contribution in [0.25, 0.3) is 0 Å². The average molecular weight is 284 g/mol. The van der Waals surface area contributed by atoms with Gasteiger partial charge in [-0.05, 0) is 42.8 Å². The Morgan fingerprint density at radius 3 is 2.19 bits per heavy atom. The maximum Gasteiger partial charge on any atom is 0.323 e. The van der Waals surface area contributed by atoms with Crippen LogP contribution >= 0.6 is 0 Å². The lowest BCUT2D eigenvalue weighted by Gasteiger charge is -2.09. The van der Waals surface area contributed by atoms with Crippen LogP contribution in [0, 0.1) is 0 Å². The molecule has 21 heavy (non-hydrogen) atoms. The third-order valence-electron chi connectivity index (χ3n) is 2.91. The summed E-state index contributed by atoms with van der Waals surface area (Å²) in [5, 5.41) is 5.54. The molecule has 0 saturated carbocycles. The van der Waals surface area contributed by atoms with Gasteiger partial charge in [0.25, 0.3) is 0 Å². The largest absolute Gasteiger partial charge is 0.494 e. The Kier molecular flexibility index (Phi) is 5.64. The molecule has 0 fully saturated rings. The van der Waals surface area contributed by atoms with E-state index in [1.807, 2.05) is 54.6 Å². The Morgan fingerprint density at radius 1 is 0.952 bits per heavy atom. The number of hydrogen-bond acceptors (Lipinski definition) is 2. The van der Waals surface area contributed by atoms with Crippen molar-refractivity contribution < 1.29 is 9.53 Å². The smallest absolute Gasteiger partial charge is 0.323 e. The summed E-state index contributed by atoms with van der Waals surface area (Å²) < 4.78 is 5.57. The van der Waals surface area contributed by atoms with E-state index in [0.29, 0.717) is 0 Å². The number of urea groups is 1. The van der Waals surface area contributed by atoms with Crippen LogP contribution in [-0.4, -0.2) is 12.6 Å². The molecule has 2 rings (SSSR count). The van der Waals surface area contributed by atoms with E-state index in [0.717, 1.165) is 36.6 Å². The van der Waals surface area contributed by atoms with Crippen LogP contribution in [0.3, 0.4) is 0 Å². The van der Waals surface area contributed by atoms with Gasteiger partial charge in [-0.1, -0.05) is 31.5 Å². The Morgan fingerprint density at radius 2 is 1.57 bits per heavy atom. The van der Waals surface area contributed by atoms with Gasteiger partial charge in [0.2, 0.25) is 0 Å². The van der Waals surface area contributed by atoms with Gasteiger partial charge < -0.3 is 15.4 Å². The first-order valence-electron chi connectivity index (χ1n) is 7.14. The first-order chi connectivity index (χ1) is 10.3. The fourth-order valence-electron chi connectivity index (χ4n) is 1.78. The predicted octanol–water partition coefficient (Wildman–Crippen LogP) is 4.51. The van der Waals surface area contributed by atoms with Gasteiger partial charge in [-0.3, -0.25) is 0 Å². The predicted molar refractivity (Wildman–Crippen MR) is 85.9 cm³/mol. The second-order valence-corrected chi connectivity index (χ2v) is 4.67. The average Bonchev–Trinajstić information content (AvgIpc) is 2.50. The van der Waals surface area contributed by atoms with Crippen molar-refractivity contribution in [1.82, 2.24) is 0 Å². The summed E-state index contributed by atoms with van der Waals surface area (Å²) in [6.07, 6.45) is 2.15. The summed E-state index contributed by atoms with van der Waals surface area (Å²) in [5.74, 6) is 0.817. The molecule has 0 bridgehead atoms. The number of anilines is 2. The molecule has 4 nitrogen and oxygen atoms in total. The summed E-state index contributed by atoms with van der Waals surface area (Å²) in [6.45, 7) is 2.85. The standard InChI is InChI=1S/C17H20N2O2/c1-2-3-13-21-16-11-9-15(10-12-16)19-17(20)18-14-7-5-4-6-8-14/h4-12H,2-3,13H2,1H3,(H2,18,19,20). The number of benzene rings is 2. The van der Waals surface area contributed by atoms with Gasteiger partial charge in [-0.15, -0.1) is 0 Å². The molecule has 0 aliphatic rings. The SMILES string of the molecule is CCCCOc1ccc(NC(=O)Nc2ccccc2)cc1. The summed E-state index contributed by atoms with van der Waals surface area (Å²) in [5.41, 5.74) is 1.49. The highest BCUT2D eigenvalue weighted by Crippen LogP contribution is 2.16. The van der Waals surface area contributed by atoms with E-state index < -0.39 is 0 Å². The molecule has 2 N–H and O–H groups in total. The number of amides is 2. The van der Waals surface area contributed by atoms with Crippen LogP contribution in [0.5, 0.6) is 5.75 Å². The molecule has 0 aromatic heterocycles. The Balaban J connectivity index is 1.83. The molecule has 0 saturated heterocycles. The number of carbonyl (C=O) groups excluding carboxylic acids is 1. The van der Waals surface area contributed by atoms with Crippen molar-refractivity contribution in [1.29, 1.82) is 0 Å². The topological polar surface area (TPSA) is 50.4 Å². The van der Waals surface area contributed by atoms with Crippen molar-refractivity contribution in [2.75, 3.05) is 17.2 Å². The molecule has 0 atom stereocenters. The van der Waals surface area contributed by atoms with E-state index in [-0.39, 0.29) is 6.03 Å². The van der Waals surface area contributed by atoms with Gasteiger partial charge >= 0.3 is 6.03 Å². The highest BCUT2D eigenvalue weighted by atomic mass is 16.5. The van der Waals surface area contributed by atoms with Crippen molar-refractivity contribution in [3.05, 3.63) is 54.6 Å². The third kappa shape index (κ3) is 5.18. The van der Waals surface area contributed by atoms with E-state index in [1.54, 1.807) is 0 Å². The molecule has 0 spiro atoms. The van der Waals surface area contributed by atoms with Crippen LogP contribution in [0.15, 0.2) is 54.6 Å². The van der Waals surface area contributed by atoms with Crippen LogP contribution < -0.4 is 15.4 Å². The number of carbonyl (C=O) groups is 1. The summed E-state index contributed by atoms with van der Waals surface area (Å²) in [4.78, 5) is 11.8. The van der Waals surface area contributed by atoms with Crippen molar-refractivity contribution in [3.8, 4) is 5.75 Å². The number of nitrogens with one attached hydrogen (secondary N) is 2. The second kappa shape index (κ2) is 7.94. The Labute approximate surface area is 125 Å². The number of hydrogen-bond donors (Lipinski definition) is 2. The highest BCUT2D eigenvalue weighted by molar-refractivity contribution is 5.99. The summed E-state index contributed by atoms with van der Waals surface area (Å²) >= 11 is 0. The fourth-order valence-corrected chi connectivity index (χ4v) is 1.78. The van der Waals surface area contributed by atoms with E-state index in [9.17, 15) is 4.79 Å². The Bertz CT molecular complexity index is 553. The maximum atomic E-state index is 11.8.